The number of furan rings is 1. The number of carbonyl (C=O) groups excluding carboxylic acids is 2. The average Bonchev–Trinajstić information content (AvgIpc) is 3.32. The van der Waals surface area contributed by atoms with Crippen molar-refractivity contribution >= 4 is 11.7 Å². The van der Waals surface area contributed by atoms with Gasteiger partial charge in [-0.25, -0.2) is 0 Å². The second-order valence-electron chi connectivity index (χ2n) is 6.64. The molecule has 2 aromatic heterocycles. The van der Waals surface area contributed by atoms with Crippen molar-refractivity contribution in [2.75, 3.05) is 0 Å². The molecule has 28 heavy (non-hydrogen) atoms. The van der Waals surface area contributed by atoms with Gasteiger partial charge in [0.1, 0.15) is 0 Å². The highest BCUT2D eigenvalue weighted by atomic mass is 16.3. The van der Waals surface area contributed by atoms with Crippen molar-refractivity contribution in [2.24, 2.45) is 0 Å². The minimum Gasteiger partial charge on any atom is -0.503 e. The lowest BCUT2D eigenvalue weighted by molar-refractivity contribution is -0.130. The lowest BCUT2D eigenvalue weighted by Crippen LogP contribution is -2.31. The van der Waals surface area contributed by atoms with E-state index in [9.17, 15) is 14.7 Å². The molecule has 0 bridgehead atoms. The molecule has 6 nitrogen and oxygen atoms in total. The van der Waals surface area contributed by atoms with Gasteiger partial charge in [0.15, 0.2) is 11.5 Å². The lowest BCUT2D eigenvalue weighted by Gasteiger charge is -2.26. The van der Waals surface area contributed by atoms with E-state index >= 15 is 0 Å². The van der Waals surface area contributed by atoms with Crippen LogP contribution in [0.5, 0.6) is 0 Å². The summed E-state index contributed by atoms with van der Waals surface area (Å²) in [7, 11) is 0. The number of amides is 1. The number of hydrogen-bond donors (Lipinski definition) is 1. The van der Waals surface area contributed by atoms with E-state index in [0.29, 0.717) is 5.69 Å². The summed E-state index contributed by atoms with van der Waals surface area (Å²) in [5.41, 5.74) is 2.40. The van der Waals surface area contributed by atoms with Crippen molar-refractivity contribution < 1.29 is 19.1 Å². The molecule has 1 atom stereocenters. The third-order valence-electron chi connectivity index (χ3n) is 4.71. The van der Waals surface area contributed by atoms with E-state index in [1.165, 1.54) is 17.2 Å². The maximum atomic E-state index is 13.0. The minimum absolute atomic E-state index is 0.0153. The van der Waals surface area contributed by atoms with E-state index in [1.54, 1.807) is 24.4 Å². The van der Waals surface area contributed by atoms with Gasteiger partial charge in [-0.2, -0.15) is 0 Å². The van der Waals surface area contributed by atoms with E-state index in [0.717, 1.165) is 11.1 Å². The summed E-state index contributed by atoms with van der Waals surface area (Å²) >= 11 is 0. The number of carbonyl (C=O) groups is 2. The first-order valence-corrected chi connectivity index (χ1v) is 8.85. The molecule has 1 aliphatic rings. The number of pyridine rings is 1. The molecule has 0 saturated carbocycles. The smallest absolute Gasteiger partial charge is 0.290 e. The van der Waals surface area contributed by atoms with Crippen LogP contribution in [0.4, 0.5) is 0 Å². The quantitative estimate of drug-likeness (QED) is 0.688. The SMILES string of the molecule is Cc1cccc(C2C(C(=O)c3ccco3)=C(O)C(=O)N2Cc2ccccn2)c1. The molecule has 3 aromatic rings. The molecule has 1 amide bonds. The van der Waals surface area contributed by atoms with Crippen molar-refractivity contribution in [1.29, 1.82) is 0 Å². The Morgan fingerprint density at radius 3 is 2.71 bits per heavy atom. The summed E-state index contributed by atoms with van der Waals surface area (Å²) in [5.74, 6) is -1.59. The Labute approximate surface area is 161 Å². The minimum atomic E-state index is -0.730. The van der Waals surface area contributed by atoms with Gasteiger partial charge in [0, 0.05) is 6.20 Å². The summed E-state index contributed by atoms with van der Waals surface area (Å²) in [4.78, 5) is 31.6. The Morgan fingerprint density at radius 1 is 1.18 bits per heavy atom. The Kier molecular flexibility index (Phi) is 4.53. The third-order valence-corrected chi connectivity index (χ3v) is 4.71. The normalized spacial score (nSPS) is 16.7. The number of aromatic nitrogens is 1. The highest BCUT2D eigenvalue weighted by Crippen LogP contribution is 2.40. The monoisotopic (exact) mass is 374 g/mol. The van der Waals surface area contributed by atoms with Crippen LogP contribution in [0, 0.1) is 6.92 Å². The predicted octanol–water partition coefficient (Wildman–Crippen LogP) is 3.76. The average molecular weight is 374 g/mol. The topological polar surface area (TPSA) is 83.6 Å². The Hall–Kier alpha value is -3.67. The van der Waals surface area contributed by atoms with Crippen LogP contribution in [0.15, 0.2) is 82.8 Å². The summed E-state index contributed by atoms with van der Waals surface area (Å²) in [6, 6.07) is 15.3. The molecule has 1 unspecified atom stereocenters. The van der Waals surface area contributed by atoms with Gasteiger partial charge in [-0.3, -0.25) is 14.6 Å². The van der Waals surface area contributed by atoms with Gasteiger partial charge >= 0.3 is 0 Å². The highest BCUT2D eigenvalue weighted by molar-refractivity contribution is 6.14. The van der Waals surface area contributed by atoms with Crippen LogP contribution < -0.4 is 0 Å². The van der Waals surface area contributed by atoms with Crippen LogP contribution in [0.25, 0.3) is 0 Å². The fourth-order valence-corrected chi connectivity index (χ4v) is 3.44. The van der Waals surface area contributed by atoms with Gasteiger partial charge in [0.25, 0.3) is 5.91 Å². The molecule has 3 heterocycles. The second kappa shape index (κ2) is 7.15. The van der Waals surface area contributed by atoms with E-state index in [2.05, 4.69) is 4.98 Å². The van der Waals surface area contributed by atoms with Gasteiger partial charge in [0.2, 0.25) is 5.78 Å². The largest absolute Gasteiger partial charge is 0.503 e. The molecule has 0 spiro atoms. The van der Waals surface area contributed by atoms with Crippen LogP contribution in [-0.4, -0.2) is 26.7 Å². The number of nitrogens with zero attached hydrogens (tertiary/aromatic N) is 2. The van der Waals surface area contributed by atoms with Crippen LogP contribution in [0.1, 0.15) is 33.4 Å². The molecule has 6 heteroatoms. The van der Waals surface area contributed by atoms with E-state index in [-0.39, 0.29) is 17.9 Å². The predicted molar refractivity (Wildman–Crippen MR) is 101 cm³/mol. The molecular formula is C22H18N2O4. The molecule has 4 rings (SSSR count). The van der Waals surface area contributed by atoms with Gasteiger partial charge < -0.3 is 14.4 Å². The number of aliphatic hydroxyl groups is 1. The number of benzene rings is 1. The summed E-state index contributed by atoms with van der Waals surface area (Å²) in [6.45, 7) is 2.10. The zero-order chi connectivity index (χ0) is 19.7. The van der Waals surface area contributed by atoms with Gasteiger partial charge in [-0.05, 0) is 36.8 Å². The molecule has 1 aromatic carbocycles. The van der Waals surface area contributed by atoms with E-state index in [4.69, 9.17) is 4.42 Å². The summed E-state index contributed by atoms with van der Waals surface area (Å²) in [6.07, 6.45) is 3.02. The number of ketones is 1. The third kappa shape index (κ3) is 3.09. The highest BCUT2D eigenvalue weighted by Gasteiger charge is 2.44. The number of rotatable bonds is 5. The summed E-state index contributed by atoms with van der Waals surface area (Å²) < 4.78 is 5.22. The van der Waals surface area contributed by atoms with Gasteiger partial charge in [-0.15, -0.1) is 0 Å². The zero-order valence-electron chi connectivity index (χ0n) is 15.2. The van der Waals surface area contributed by atoms with Gasteiger partial charge in [0.05, 0.1) is 30.1 Å². The molecule has 0 aliphatic carbocycles. The first kappa shape index (κ1) is 17.7. The Bertz CT molecular complexity index is 1060. The molecule has 1 aliphatic heterocycles. The maximum absolute atomic E-state index is 13.0. The van der Waals surface area contributed by atoms with E-state index in [1.807, 2.05) is 37.3 Å². The van der Waals surface area contributed by atoms with Crippen LogP contribution in [-0.2, 0) is 11.3 Å². The second-order valence-corrected chi connectivity index (χ2v) is 6.64. The Morgan fingerprint density at radius 2 is 2.04 bits per heavy atom. The van der Waals surface area contributed by atoms with Crippen LogP contribution in [0.3, 0.4) is 0 Å². The zero-order valence-corrected chi connectivity index (χ0v) is 15.2. The molecular weight excluding hydrogens is 356 g/mol. The van der Waals surface area contributed by atoms with Gasteiger partial charge in [-0.1, -0.05) is 35.9 Å². The first-order valence-electron chi connectivity index (χ1n) is 8.85. The number of Topliss-reactive ketones (excluding diaryl/α,β-unsaturated/α-hetero) is 1. The molecule has 140 valence electrons. The van der Waals surface area contributed by atoms with Crippen molar-refractivity contribution in [3.05, 3.63) is 101 Å². The molecule has 1 N–H and O–H groups in total. The van der Waals surface area contributed by atoms with Crippen molar-refractivity contribution in [3.63, 3.8) is 0 Å². The standard InChI is InChI=1S/C22H18N2O4/c1-14-6-4-7-15(12-14)19-18(20(25)17-9-5-11-28-17)21(26)22(27)24(19)13-16-8-2-3-10-23-16/h2-12,19,26H,13H2,1H3. The van der Waals surface area contributed by atoms with Crippen molar-refractivity contribution in [2.45, 2.75) is 19.5 Å². The van der Waals surface area contributed by atoms with Crippen LogP contribution in [0.2, 0.25) is 0 Å². The lowest BCUT2D eigenvalue weighted by atomic mass is 9.94. The maximum Gasteiger partial charge on any atom is 0.290 e. The molecule has 0 fully saturated rings. The first-order chi connectivity index (χ1) is 13.6. The van der Waals surface area contributed by atoms with Crippen LogP contribution >= 0.6 is 0 Å². The van der Waals surface area contributed by atoms with E-state index < -0.39 is 23.5 Å². The fraction of sp³-hybridized carbons (Fsp3) is 0.136. The fourth-order valence-electron chi connectivity index (χ4n) is 3.44. The molecule has 0 saturated heterocycles. The van der Waals surface area contributed by atoms with Crippen molar-refractivity contribution in [1.82, 2.24) is 9.88 Å². The Balaban J connectivity index is 1.81. The van der Waals surface area contributed by atoms with Crippen molar-refractivity contribution in [3.8, 4) is 0 Å². The number of hydrogen-bond acceptors (Lipinski definition) is 5. The summed E-state index contributed by atoms with van der Waals surface area (Å²) in [5, 5.41) is 10.6. The number of aliphatic hydroxyl groups excluding tert-OH is 1. The number of aryl methyl sites for hydroxylation is 1. The molecule has 0 radical (unpaired) electrons.